The van der Waals surface area contributed by atoms with Crippen molar-refractivity contribution in [3.8, 4) is 0 Å². The van der Waals surface area contributed by atoms with Crippen LogP contribution < -0.4 is 20.0 Å². The zero-order chi connectivity index (χ0) is 22.0. The van der Waals surface area contributed by atoms with Gasteiger partial charge in [-0.05, 0) is 25.1 Å². The van der Waals surface area contributed by atoms with Crippen LogP contribution in [0.25, 0.3) is 0 Å². The minimum absolute atomic E-state index is 0.195. The van der Waals surface area contributed by atoms with Crippen molar-refractivity contribution >= 4 is 29.2 Å². The van der Waals surface area contributed by atoms with E-state index in [1.54, 1.807) is 24.5 Å². The summed E-state index contributed by atoms with van der Waals surface area (Å²) in [4.78, 5) is 37.4. The number of amides is 2. The molecule has 2 amide bonds. The van der Waals surface area contributed by atoms with Crippen LogP contribution in [0.15, 0.2) is 30.6 Å². The van der Waals surface area contributed by atoms with Crippen LogP contribution in [0.5, 0.6) is 0 Å². The minimum Gasteiger partial charge on any atom is -0.442 e. The van der Waals surface area contributed by atoms with Crippen LogP contribution in [0, 0.1) is 12.7 Å². The number of hydrogen-bond donors (Lipinski definition) is 1. The predicted molar refractivity (Wildman–Crippen MR) is 114 cm³/mol. The van der Waals surface area contributed by atoms with Crippen LogP contribution in [-0.4, -0.2) is 67.3 Å². The fourth-order valence-corrected chi connectivity index (χ4v) is 3.89. The molecule has 9 nitrogen and oxygen atoms in total. The van der Waals surface area contributed by atoms with Crippen LogP contribution in [0.3, 0.4) is 0 Å². The monoisotopic (exact) mass is 428 g/mol. The van der Waals surface area contributed by atoms with Gasteiger partial charge in [-0.1, -0.05) is 0 Å². The lowest BCUT2D eigenvalue weighted by molar-refractivity contribution is -0.119. The fourth-order valence-electron chi connectivity index (χ4n) is 3.89. The molecule has 2 aliphatic heterocycles. The molecule has 0 bridgehead atoms. The molecule has 3 heterocycles. The maximum Gasteiger partial charge on any atom is 0.414 e. The van der Waals surface area contributed by atoms with Gasteiger partial charge >= 0.3 is 6.09 Å². The molecule has 31 heavy (non-hydrogen) atoms. The SMILES string of the molecule is CC(=O)NC[C@H]1CN(c2ccc(N3CCN(c4nccnc4C)CC3)c(F)c2)C(=O)O1. The maximum atomic E-state index is 14.9. The number of carbonyl (C=O) groups is 2. The number of ether oxygens (including phenoxy) is 1. The van der Waals surface area contributed by atoms with Crippen molar-refractivity contribution in [2.24, 2.45) is 0 Å². The summed E-state index contributed by atoms with van der Waals surface area (Å²) in [6.07, 6.45) is 2.34. The first-order valence-corrected chi connectivity index (χ1v) is 10.2. The third kappa shape index (κ3) is 4.52. The van der Waals surface area contributed by atoms with Gasteiger partial charge in [-0.2, -0.15) is 0 Å². The number of aryl methyl sites for hydroxylation is 1. The largest absolute Gasteiger partial charge is 0.442 e. The molecule has 10 heteroatoms. The molecule has 0 aliphatic carbocycles. The number of benzene rings is 1. The second-order valence-corrected chi connectivity index (χ2v) is 7.63. The van der Waals surface area contributed by atoms with Crippen LogP contribution in [0.1, 0.15) is 12.6 Å². The molecule has 1 aromatic carbocycles. The van der Waals surface area contributed by atoms with E-state index in [1.807, 2.05) is 11.8 Å². The predicted octanol–water partition coefficient (Wildman–Crippen LogP) is 1.71. The number of nitrogens with one attached hydrogen (secondary N) is 1. The molecule has 1 aromatic heterocycles. The first kappa shape index (κ1) is 20.8. The lowest BCUT2D eigenvalue weighted by Gasteiger charge is -2.37. The summed E-state index contributed by atoms with van der Waals surface area (Å²) >= 11 is 0. The minimum atomic E-state index is -0.546. The van der Waals surface area contributed by atoms with Gasteiger partial charge in [-0.25, -0.2) is 14.2 Å². The van der Waals surface area contributed by atoms with Crippen LogP contribution >= 0.6 is 0 Å². The third-order valence-corrected chi connectivity index (χ3v) is 5.47. The highest BCUT2D eigenvalue weighted by atomic mass is 19.1. The molecular formula is C21H25FN6O3. The van der Waals surface area contributed by atoms with Crippen molar-refractivity contribution in [3.63, 3.8) is 0 Å². The molecular weight excluding hydrogens is 403 g/mol. The van der Waals surface area contributed by atoms with Gasteiger partial charge in [0.1, 0.15) is 17.7 Å². The number of carbonyl (C=O) groups excluding carboxylic acids is 2. The van der Waals surface area contributed by atoms with Gasteiger partial charge in [-0.15, -0.1) is 0 Å². The molecule has 2 fully saturated rings. The summed E-state index contributed by atoms with van der Waals surface area (Å²) < 4.78 is 20.2. The summed E-state index contributed by atoms with van der Waals surface area (Å²) in [6.45, 7) is 6.54. The molecule has 1 atom stereocenters. The Morgan fingerprint density at radius 1 is 1.19 bits per heavy atom. The Bertz CT molecular complexity index is 979. The number of nitrogens with zero attached hydrogens (tertiary/aromatic N) is 5. The van der Waals surface area contributed by atoms with Gasteiger partial charge < -0.3 is 19.9 Å². The summed E-state index contributed by atoms with van der Waals surface area (Å²) in [7, 11) is 0. The highest BCUT2D eigenvalue weighted by molar-refractivity contribution is 5.90. The van der Waals surface area contributed by atoms with Crippen LogP contribution in [0.2, 0.25) is 0 Å². The van der Waals surface area contributed by atoms with Gasteiger partial charge in [0.05, 0.1) is 30.2 Å². The first-order chi connectivity index (χ1) is 14.9. The summed E-state index contributed by atoms with van der Waals surface area (Å²) in [6, 6.07) is 4.78. The maximum absolute atomic E-state index is 14.9. The topological polar surface area (TPSA) is 90.9 Å². The van der Waals surface area contributed by atoms with Crippen LogP contribution in [-0.2, 0) is 9.53 Å². The molecule has 4 rings (SSSR count). The second-order valence-electron chi connectivity index (χ2n) is 7.63. The molecule has 0 spiro atoms. The standard InChI is InChI=1S/C21H25FN6O3/c1-14-20(24-6-5-23-14)27-9-7-26(8-10-27)19-4-3-16(11-18(19)22)28-13-17(31-21(28)30)12-25-15(2)29/h3-6,11,17H,7-10,12-13H2,1-2H3,(H,25,29)/t17-/m0/s1. The smallest absolute Gasteiger partial charge is 0.414 e. The van der Waals surface area contributed by atoms with Gasteiger partial charge in [0.15, 0.2) is 0 Å². The van der Waals surface area contributed by atoms with E-state index in [4.69, 9.17) is 4.74 Å². The van der Waals surface area contributed by atoms with E-state index in [9.17, 15) is 14.0 Å². The number of cyclic esters (lactones) is 1. The van der Waals surface area contributed by atoms with E-state index in [2.05, 4.69) is 20.2 Å². The normalized spacial score (nSPS) is 18.9. The summed E-state index contributed by atoms with van der Waals surface area (Å²) in [5.74, 6) is 0.276. The Labute approximate surface area is 179 Å². The van der Waals surface area contributed by atoms with Gasteiger partial charge in [0.2, 0.25) is 5.91 Å². The van der Waals surface area contributed by atoms with E-state index in [0.29, 0.717) is 37.6 Å². The molecule has 2 saturated heterocycles. The molecule has 164 valence electrons. The summed E-state index contributed by atoms with van der Waals surface area (Å²) in [5.41, 5.74) is 1.81. The van der Waals surface area contributed by atoms with Crippen molar-refractivity contribution in [1.29, 1.82) is 0 Å². The zero-order valence-corrected chi connectivity index (χ0v) is 17.5. The van der Waals surface area contributed by atoms with Crippen molar-refractivity contribution in [1.82, 2.24) is 15.3 Å². The lowest BCUT2D eigenvalue weighted by atomic mass is 10.2. The summed E-state index contributed by atoms with van der Waals surface area (Å²) in [5, 5.41) is 2.63. The molecule has 1 N–H and O–H groups in total. The molecule has 0 radical (unpaired) electrons. The van der Waals surface area contributed by atoms with Crippen molar-refractivity contribution in [2.75, 3.05) is 54.0 Å². The van der Waals surface area contributed by atoms with E-state index in [-0.39, 0.29) is 24.8 Å². The molecule has 0 saturated carbocycles. The molecule has 2 aliphatic rings. The number of rotatable bonds is 5. The Kier molecular flexibility index (Phi) is 5.88. The number of piperazine rings is 1. The Morgan fingerprint density at radius 3 is 2.58 bits per heavy atom. The third-order valence-electron chi connectivity index (χ3n) is 5.47. The quantitative estimate of drug-likeness (QED) is 0.775. The lowest BCUT2D eigenvalue weighted by Crippen LogP contribution is -2.47. The number of hydrogen-bond acceptors (Lipinski definition) is 7. The Morgan fingerprint density at radius 2 is 1.90 bits per heavy atom. The van der Waals surface area contributed by atoms with Gasteiger partial charge in [0, 0.05) is 45.5 Å². The number of anilines is 3. The highest BCUT2D eigenvalue weighted by Gasteiger charge is 2.33. The molecule has 0 unspecified atom stereocenters. The van der Waals surface area contributed by atoms with Gasteiger partial charge in [-0.3, -0.25) is 14.7 Å². The number of aromatic nitrogens is 2. The second kappa shape index (κ2) is 8.75. The van der Waals surface area contributed by atoms with Crippen LogP contribution in [0.4, 0.5) is 26.4 Å². The van der Waals surface area contributed by atoms with E-state index < -0.39 is 12.2 Å². The van der Waals surface area contributed by atoms with E-state index in [1.165, 1.54) is 17.9 Å². The fraction of sp³-hybridized carbons (Fsp3) is 0.429. The number of halogens is 1. The first-order valence-electron chi connectivity index (χ1n) is 10.2. The Hall–Kier alpha value is -3.43. The molecule has 2 aromatic rings. The van der Waals surface area contributed by atoms with Crippen molar-refractivity contribution < 1.29 is 18.7 Å². The average molecular weight is 428 g/mol. The Balaban J connectivity index is 1.40. The van der Waals surface area contributed by atoms with Crippen molar-refractivity contribution in [2.45, 2.75) is 20.0 Å². The van der Waals surface area contributed by atoms with Crippen molar-refractivity contribution in [3.05, 3.63) is 42.1 Å². The average Bonchev–Trinajstić information content (AvgIpc) is 3.13. The highest BCUT2D eigenvalue weighted by Crippen LogP contribution is 2.29. The zero-order valence-electron chi connectivity index (χ0n) is 17.5. The van der Waals surface area contributed by atoms with Gasteiger partial charge in [0.25, 0.3) is 0 Å². The van der Waals surface area contributed by atoms with E-state index >= 15 is 0 Å². The van der Waals surface area contributed by atoms with E-state index in [0.717, 1.165) is 11.5 Å².